The van der Waals surface area contributed by atoms with Crippen molar-refractivity contribution in [3.63, 3.8) is 0 Å². The van der Waals surface area contributed by atoms with Crippen molar-refractivity contribution in [2.45, 2.75) is 17.2 Å². The van der Waals surface area contributed by atoms with E-state index in [0.29, 0.717) is 0 Å². The van der Waals surface area contributed by atoms with E-state index in [9.17, 15) is 13.0 Å². The monoisotopic (exact) mass is 272 g/mol. The number of benzene rings is 1. The Kier molecular flexibility index (Phi) is 7.12. The third-order valence-corrected chi connectivity index (χ3v) is 3.34. The van der Waals surface area contributed by atoms with Crippen LogP contribution in [0.3, 0.4) is 0 Å². The Bertz CT molecular complexity index is 409. The molecule has 1 rings (SSSR count). The van der Waals surface area contributed by atoms with E-state index in [2.05, 4.69) is 0 Å². The quantitative estimate of drug-likeness (QED) is 0.380. The zero-order valence-corrected chi connectivity index (χ0v) is 12.3. The summed E-state index contributed by atoms with van der Waals surface area (Å²) in [6.45, 7) is 0. The van der Waals surface area contributed by atoms with Gasteiger partial charge in [0.2, 0.25) is 0 Å². The van der Waals surface area contributed by atoms with Gasteiger partial charge >= 0.3 is 29.6 Å². The molecule has 4 nitrogen and oxygen atoms in total. The molecule has 0 bridgehead atoms. The number of rotatable bonds is 4. The topological polar surface area (TPSA) is 77.4 Å². The molecule has 0 heterocycles. The molecule has 1 N–H and O–H groups in total. The number of halogens is 1. The van der Waals surface area contributed by atoms with Gasteiger partial charge in [-0.3, -0.25) is 0 Å². The predicted octanol–water partition coefficient (Wildman–Crippen LogP) is -2.30. The van der Waals surface area contributed by atoms with Crippen molar-refractivity contribution >= 4 is 21.7 Å². The first-order valence-electron chi connectivity index (χ1n) is 4.22. The first-order chi connectivity index (χ1) is 6.91. The molecule has 0 saturated carbocycles. The number of aliphatic hydroxyl groups is 1. The van der Waals surface area contributed by atoms with E-state index in [1.165, 1.54) is 0 Å². The molecule has 0 fully saturated rings. The zero-order valence-electron chi connectivity index (χ0n) is 8.71. The third kappa shape index (κ3) is 5.14. The molecule has 0 aliphatic carbocycles. The third-order valence-electron chi connectivity index (χ3n) is 1.88. The molecular formula is C9H10ClNaO4S. The van der Waals surface area contributed by atoms with Crippen LogP contribution in [0.15, 0.2) is 30.3 Å². The SMILES string of the molecule is O=S(=O)([O-])C(O)[C@H](Cl)Cc1ccccc1.[Na+]. The minimum absolute atomic E-state index is 0. The van der Waals surface area contributed by atoms with Crippen LogP contribution in [0.5, 0.6) is 0 Å². The van der Waals surface area contributed by atoms with Gasteiger partial charge in [-0.2, -0.15) is 0 Å². The number of hydrogen-bond acceptors (Lipinski definition) is 4. The van der Waals surface area contributed by atoms with E-state index in [-0.39, 0.29) is 36.0 Å². The molecule has 1 aromatic carbocycles. The predicted molar refractivity (Wildman–Crippen MR) is 55.5 cm³/mol. The van der Waals surface area contributed by atoms with Crippen LogP contribution in [-0.2, 0) is 16.5 Å². The molecule has 0 radical (unpaired) electrons. The van der Waals surface area contributed by atoms with Crippen molar-refractivity contribution in [1.82, 2.24) is 0 Å². The summed E-state index contributed by atoms with van der Waals surface area (Å²) in [5.74, 6) is 0. The van der Waals surface area contributed by atoms with Crippen LogP contribution in [-0.4, -0.2) is 28.9 Å². The molecule has 1 unspecified atom stereocenters. The Balaban J connectivity index is 0.00000225. The average molecular weight is 273 g/mol. The molecule has 0 aliphatic rings. The molecule has 1 aromatic rings. The average Bonchev–Trinajstić information content (AvgIpc) is 2.16. The van der Waals surface area contributed by atoms with E-state index < -0.39 is 20.9 Å². The van der Waals surface area contributed by atoms with Crippen molar-refractivity contribution in [2.24, 2.45) is 0 Å². The second-order valence-electron chi connectivity index (χ2n) is 3.09. The van der Waals surface area contributed by atoms with Crippen LogP contribution in [0.4, 0.5) is 0 Å². The fraction of sp³-hybridized carbons (Fsp3) is 0.333. The summed E-state index contributed by atoms with van der Waals surface area (Å²) in [5, 5.41) is 7.95. The van der Waals surface area contributed by atoms with Crippen LogP contribution >= 0.6 is 11.6 Å². The van der Waals surface area contributed by atoms with Crippen LogP contribution in [0.25, 0.3) is 0 Å². The van der Waals surface area contributed by atoms with Crippen LogP contribution in [0, 0.1) is 0 Å². The van der Waals surface area contributed by atoms with Gasteiger partial charge in [0, 0.05) is 0 Å². The van der Waals surface area contributed by atoms with Crippen molar-refractivity contribution in [3.05, 3.63) is 35.9 Å². The van der Waals surface area contributed by atoms with Gasteiger partial charge in [-0.1, -0.05) is 30.3 Å². The van der Waals surface area contributed by atoms with Crippen LogP contribution < -0.4 is 29.6 Å². The van der Waals surface area contributed by atoms with Gasteiger partial charge in [0.1, 0.15) is 10.1 Å². The van der Waals surface area contributed by atoms with Gasteiger partial charge in [-0.05, 0) is 12.0 Å². The molecule has 0 saturated heterocycles. The fourth-order valence-corrected chi connectivity index (χ4v) is 2.13. The summed E-state index contributed by atoms with van der Waals surface area (Å²) in [6.07, 6.45) is 0.130. The Morgan fingerprint density at radius 2 is 1.81 bits per heavy atom. The van der Waals surface area contributed by atoms with Gasteiger partial charge in [-0.15, -0.1) is 11.6 Å². The summed E-state index contributed by atoms with van der Waals surface area (Å²) in [6, 6.07) is 8.79. The summed E-state index contributed by atoms with van der Waals surface area (Å²) in [5.41, 5.74) is -1.31. The number of alkyl halides is 1. The van der Waals surface area contributed by atoms with Gasteiger partial charge in [0.15, 0.2) is 5.44 Å². The number of hydrogen-bond donors (Lipinski definition) is 1. The maximum absolute atomic E-state index is 10.5. The summed E-state index contributed by atoms with van der Waals surface area (Å²) in [7, 11) is -4.75. The van der Waals surface area contributed by atoms with E-state index in [1.54, 1.807) is 30.3 Å². The Morgan fingerprint density at radius 1 is 1.31 bits per heavy atom. The van der Waals surface area contributed by atoms with Crippen molar-refractivity contribution in [3.8, 4) is 0 Å². The Morgan fingerprint density at radius 3 is 2.25 bits per heavy atom. The summed E-state index contributed by atoms with van der Waals surface area (Å²) in [4.78, 5) is 0. The molecule has 84 valence electrons. The number of aliphatic hydroxyl groups excluding tert-OH is 1. The molecule has 16 heavy (non-hydrogen) atoms. The van der Waals surface area contributed by atoms with Gasteiger partial charge in [-0.25, -0.2) is 8.42 Å². The van der Waals surface area contributed by atoms with Crippen molar-refractivity contribution in [1.29, 1.82) is 0 Å². The fourth-order valence-electron chi connectivity index (χ4n) is 1.12. The van der Waals surface area contributed by atoms with Gasteiger partial charge in [0.05, 0.1) is 5.38 Å². The van der Waals surface area contributed by atoms with Crippen LogP contribution in [0.2, 0.25) is 0 Å². The molecule has 2 atom stereocenters. The molecule has 0 aromatic heterocycles. The second kappa shape index (κ2) is 6.96. The van der Waals surface area contributed by atoms with Crippen molar-refractivity contribution in [2.75, 3.05) is 0 Å². The molecule has 7 heteroatoms. The molecule has 0 spiro atoms. The molecule has 0 amide bonds. The Hall–Kier alpha value is 0.380. The van der Waals surface area contributed by atoms with Gasteiger partial charge < -0.3 is 9.66 Å². The summed E-state index contributed by atoms with van der Waals surface area (Å²) >= 11 is 5.62. The first kappa shape index (κ1) is 16.4. The minimum Gasteiger partial charge on any atom is -0.746 e. The van der Waals surface area contributed by atoms with Crippen LogP contribution in [0.1, 0.15) is 5.56 Å². The smallest absolute Gasteiger partial charge is 0.746 e. The minimum atomic E-state index is -4.75. The Labute approximate surface area is 122 Å². The normalized spacial score (nSPS) is 14.9. The van der Waals surface area contributed by atoms with Crippen molar-refractivity contribution < 1.29 is 47.6 Å². The zero-order chi connectivity index (χ0) is 11.5. The van der Waals surface area contributed by atoms with E-state index in [1.807, 2.05) is 0 Å². The van der Waals surface area contributed by atoms with E-state index in [0.717, 1.165) is 5.56 Å². The largest absolute Gasteiger partial charge is 1.00 e. The summed E-state index contributed by atoms with van der Waals surface area (Å²) < 4.78 is 31.4. The van der Waals surface area contributed by atoms with E-state index in [4.69, 9.17) is 16.7 Å². The van der Waals surface area contributed by atoms with E-state index >= 15 is 0 Å². The van der Waals surface area contributed by atoms with Gasteiger partial charge in [0.25, 0.3) is 0 Å². The first-order valence-corrected chi connectivity index (χ1v) is 6.13. The second-order valence-corrected chi connectivity index (χ2v) is 5.12. The molecular weight excluding hydrogens is 263 g/mol. The standard InChI is InChI=1S/C9H11ClO4S.Na/c10-8(9(11)15(12,13)14)6-7-4-2-1-3-5-7;/h1-5,8-9,11H,6H2,(H,12,13,14);/q;+1/p-1/t8-,9?;/m1./s1. The molecule has 0 aliphatic heterocycles. The maximum Gasteiger partial charge on any atom is 1.00 e. The maximum atomic E-state index is 10.5.